The minimum atomic E-state index is -0.222. The van der Waals surface area contributed by atoms with Crippen molar-refractivity contribution in [2.24, 2.45) is 0 Å². The average molecular weight is 351 g/mol. The summed E-state index contributed by atoms with van der Waals surface area (Å²) in [6.07, 6.45) is 4.50. The molecule has 0 saturated carbocycles. The van der Waals surface area contributed by atoms with Crippen LogP contribution in [0.1, 0.15) is 17.0 Å². The molecule has 3 aromatic rings. The highest BCUT2D eigenvalue weighted by molar-refractivity contribution is 5.49. The highest BCUT2D eigenvalue weighted by Gasteiger charge is 2.08. The summed E-state index contributed by atoms with van der Waals surface area (Å²) in [5, 5.41) is 3.19. The van der Waals surface area contributed by atoms with Crippen molar-refractivity contribution in [3.05, 3.63) is 77.6 Å². The number of benzene rings is 1. The number of anilines is 2. The molecule has 0 unspecified atom stereocenters. The van der Waals surface area contributed by atoms with Gasteiger partial charge in [0.25, 0.3) is 0 Å². The standard InChI is InChI=1S/C20H22FN5/c1-15-24-19(23-14-17-5-3-4-6-18(17)21)13-20(25-15)26(2)12-9-16-7-10-22-11-8-16/h3-8,10-11,13H,9,12,14H2,1-2H3,(H,23,24,25). The van der Waals surface area contributed by atoms with Crippen molar-refractivity contribution in [3.63, 3.8) is 0 Å². The van der Waals surface area contributed by atoms with Crippen LogP contribution in [0.2, 0.25) is 0 Å². The van der Waals surface area contributed by atoms with Gasteiger partial charge in [0, 0.05) is 44.2 Å². The van der Waals surface area contributed by atoms with E-state index in [1.807, 2.05) is 38.2 Å². The molecule has 0 aliphatic heterocycles. The quantitative estimate of drug-likeness (QED) is 0.705. The summed E-state index contributed by atoms with van der Waals surface area (Å²) in [5.41, 5.74) is 1.84. The molecule has 0 radical (unpaired) electrons. The van der Waals surface area contributed by atoms with E-state index in [2.05, 4.69) is 25.2 Å². The zero-order valence-corrected chi connectivity index (χ0v) is 15.0. The van der Waals surface area contributed by atoms with E-state index >= 15 is 0 Å². The second-order valence-corrected chi connectivity index (χ2v) is 6.13. The predicted octanol–water partition coefficient (Wildman–Crippen LogP) is 3.61. The molecule has 2 heterocycles. The van der Waals surface area contributed by atoms with Crippen molar-refractivity contribution in [1.82, 2.24) is 15.0 Å². The fourth-order valence-electron chi connectivity index (χ4n) is 2.63. The highest BCUT2D eigenvalue weighted by Crippen LogP contribution is 2.17. The van der Waals surface area contributed by atoms with Gasteiger partial charge in [-0.25, -0.2) is 14.4 Å². The van der Waals surface area contributed by atoms with E-state index < -0.39 is 0 Å². The number of pyridine rings is 1. The summed E-state index contributed by atoms with van der Waals surface area (Å²) >= 11 is 0. The molecule has 1 aromatic carbocycles. The maximum absolute atomic E-state index is 13.8. The number of hydrogen-bond donors (Lipinski definition) is 1. The van der Waals surface area contributed by atoms with Gasteiger partial charge in [0.05, 0.1) is 0 Å². The Morgan fingerprint density at radius 3 is 2.62 bits per heavy atom. The number of hydrogen-bond acceptors (Lipinski definition) is 5. The molecule has 0 fully saturated rings. The smallest absolute Gasteiger partial charge is 0.134 e. The molecule has 0 bridgehead atoms. The third kappa shape index (κ3) is 4.75. The molecule has 1 N–H and O–H groups in total. The zero-order chi connectivity index (χ0) is 18.4. The van der Waals surface area contributed by atoms with Crippen LogP contribution in [0.15, 0.2) is 54.9 Å². The third-order valence-electron chi connectivity index (χ3n) is 4.12. The molecule has 0 spiro atoms. The first-order chi connectivity index (χ1) is 12.6. The maximum Gasteiger partial charge on any atom is 0.134 e. The van der Waals surface area contributed by atoms with Crippen LogP contribution < -0.4 is 10.2 Å². The van der Waals surface area contributed by atoms with Gasteiger partial charge in [-0.1, -0.05) is 18.2 Å². The van der Waals surface area contributed by atoms with Gasteiger partial charge in [-0.05, 0) is 37.1 Å². The lowest BCUT2D eigenvalue weighted by Gasteiger charge is -2.19. The van der Waals surface area contributed by atoms with Crippen LogP contribution in [-0.2, 0) is 13.0 Å². The van der Waals surface area contributed by atoms with Crippen LogP contribution in [-0.4, -0.2) is 28.5 Å². The van der Waals surface area contributed by atoms with Gasteiger partial charge in [-0.2, -0.15) is 0 Å². The van der Waals surface area contributed by atoms with E-state index in [1.165, 1.54) is 11.6 Å². The predicted molar refractivity (Wildman–Crippen MR) is 102 cm³/mol. The van der Waals surface area contributed by atoms with Crippen molar-refractivity contribution < 1.29 is 4.39 Å². The Bertz CT molecular complexity index is 854. The number of likely N-dealkylation sites (N-methyl/N-ethyl adjacent to an activating group) is 1. The molecule has 0 amide bonds. The lowest BCUT2D eigenvalue weighted by atomic mass is 10.2. The number of halogens is 1. The summed E-state index contributed by atoms with van der Waals surface area (Å²) in [7, 11) is 2.00. The lowest BCUT2D eigenvalue weighted by Crippen LogP contribution is -2.22. The summed E-state index contributed by atoms with van der Waals surface area (Å²) in [6, 6.07) is 12.6. The first-order valence-electron chi connectivity index (χ1n) is 8.55. The molecule has 0 saturated heterocycles. The van der Waals surface area contributed by atoms with Gasteiger partial charge in [-0.15, -0.1) is 0 Å². The van der Waals surface area contributed by atoms with Crippen molar-refractivity contribution >= 4 is 11.6 Å². The van der Waals surface area contributed by atoms with E-state index in [0.717, 1.165) is 18.8 Å². The Morgan fingerprint density at radius 2 is 1.85 bits per heavy atom. The normalized spacial score (nSPS) is 10.6. The Kier molecular flexibility index (Phi) is 5.73. The third-order valence-corrected chi connectivity index (χ3v) is 4.12. The Morgan fingerprint density at radius 1 is 1.08 bits per heavy atom. The number of nitrogens with one attached hydrogen (secondary N) is 1. The summed E-state index contributed by atoms with van der Waals surface area (Å²) in [6.45, 7) is 3.06. The van der Waals surface area contributed by atoms with E-state index in [9.17, 15) is 4.39 Å². The van der Waals surface area contributed by atoms with Crippen LogP contribution in [0.5, 0.6) is 0 Å². The Labute approximate surface area is 153 Å². The van der Waals surface area contributed by atoms with E-state index in [0.29, 0.717) is 23.8 Å². The number of aromatic nitrogens is 3. The molecule has 0 aliphatic rings. The molecule has 26 heavy (non-hydrogen) atoms. The van der Waals surface area contributed by atoms with Crippen molar-refractivity contribution in [2.75, 3.05) is 23.8 Å². The van der Waals surface area contributed by atoms with Gasteiger partial charge in [0.1, 0.15) is 23.3 Å². The van der Waals surface area contributed by atoms with Crippen molar-refractivity contribution in [3.8, 4) is 0 Å². The van der Waals surface area contributed by atoms with E-state index in [-0.39, 0.29) is 5.82 Å². The lowest BCUT2D eigenvalue weighted by molar-refractivity contribution is 0.613. The number of aryl methyl sites for hydroxylation is 1. The second-order valence-electron chi connectivity index (χ2n) is 6.13. The number of nitrogens with zero attached hydrogens (tertiary/aromatic N) is 4. The molecule has 134 valence electrons. The summed E-state index contributed by atoms with van der Waals surface area (Å²) in [5.74, 6) is 1.98. The van der Waals surface area contributed by atoms with Crippen molar-refractivity contribution in [1.29, 1.82) is 0 Å². The minimum absolute atomic E-state index is 0.222. The molecule has 0 aliphatic carbocycles. The summed E-state index contributed by atoms with van der Waals surface area (Å²) in [4.78, 5) is 15.0. The molecule has 0 atom stereocenters. The van der Waals surface area contributed by atoms with Crippen LogP contribution in [0.4, 0.5) is 16.0 Å². The Balaban J connectivity index is 1.65. The monoisotopic (exact) mass is 351 g/mol. The van der Waals surface area contributed by atoms with E-state index in [4.69, 9.17) is 0 Å². The van der Waals surface area contributed by atoms with Gasteiger partial charge >= 0.3 is 0 Å². The maximum atomic E-state index is 13.8. The van der Waals surface area contributed by atoms with Gasteiger partial charge in [-0.3, -0.25) is 4.98 Å². The number of rotatable bonds is 7. The minimum Gasteiger partial charge on any atom is -0.366 e. The molecule has 6 heteroatoms. The highest BCUT2D eigenvalue weighted by atomic mass is 19.1. The average Bonchev–Trinajstić information content (AvgIpc) is 2.66. The molecular formula is C20H22FN5. The second kappa shape index (κ2) is 8.38. The largest absolute Gasteiger partial charge is 0.366 e. The molecule has 5 nitrogen and oxygen atoms in total. The van der Waals surface area contributed by atoms with Crippen LogP contribution in [0, 0.1) is 12.7 Å². The first-order valence-corrected chi connectivity index (χ1v) is 8.55. The van der Waals surface area contributed by atoms with Crippen molar-refractivity contribution in [2.45, 2.75) is 19.9 Å². The molecular weight excluding hydrogens is 329 g/mol. The zero-order valence-electron chi connectivity index (χ0n) is 15.0. The van der Waals surface area contributed by atoms with Gasteiger partial charge < -0.3 is 10.2 Å². The van der Waals surface area contributed by atoms with Crippen LogP contribution in [0.25, 0.3) is 0 Å². The van der Waals surface area contributed by atoms with Crippen LogP contribution in [0.3, 0.4) is 0 Å². The summed E-state index contributed by atoms with van der Waals surface area (Å²) < 4.78 is 13.8. The SMILES string of the molecule is Cc1nc(NCc2ccccc2F)cc(N(C)CCc2ccncc2)n1. The van der Waals surface area contributed by atoms with Crippen LogP contribution >= 0.6 is 0 Å². The molecule has 2 aromatic heterocycles. The van der Waals surface area contributed by atoms with E-state index in [1.54, 1.807) is 24.5 Å². The molecule has 3 rings (SSSR count). The topological polar surface area (TPSA) is 53.9 Å². The fourth-order valence-corrected chi connectivity index (χ4v) is 2.63. The van der Waals surface area contributed by atoms with Gasteiger partial charge in [0.2, 0.25) is 0 Å². The Hall–Kier alpha value is -3.02. The fraction of sp³-hybridized carbons (Fsp3) is 0.250. The van der Waals surface area contributed by atoms with Gasteiger partial charge in [0.15, 0.2) is 0 Å². The first kappa shape index (κ1) is 17.8.